The summed E-state index contributed by atoms with van der Waals surface area (Å²) in [5.74, 6) is 0. The summed E-state index contributed by atoms with van der Waals surface area (Å²) in [6.45, 7) is 4.01. The highest BCUT2D eigenvalue weighted by molar-refractivity contribution is 7.90. The third-order valence-electron chi connectivity index (χ3n) is 2.61. The Balaban J connectivity index is 3.35. The van der Waals surface area contributed by atoms with Crippen LogP contribution in [-0.2, 0) is 22.9 Å². The van der Waals surface area contributed by atoms with Gasteiger partial charge in [0.15, 0.2) is 0 Å². The fourth-order valence-corrected chi connectivity index (χ4v) is 2.84. The molecule has 1 rings (SSSR count). The van der Waals surface area contributed by atoms with Crippen LogP contribution in [0.3, 0.4) is 0 Å². The summed E-state index contributed by atoms with van der Waals surface area (Å²) in [4.78, 5) is 2.54. The zero-order chi connectivity index (χ0) is 13.6. The molecule has 98 valence electrons. The number of sulfonamides is 1. The summed E-state index contributed by atoms with van der Waals surface area (Å²) >= 11 is 0. The number of azide groups is 1. The highest BCUT2D eigenvalue weighted by Gasteiger charge is 2.17. The quantitative estimate of drug-likeness (QED) is 0.448. The minimum Gasteiger partial charge on any atom is -0.216 e. The molecule has 0 spiro atoms. The first-order valence-corrected chi connectivity index (χ1v) is 7.42. The molecular weight excluding hydrogens is 250 g/mol. The predicted molar refractivity (Wildman–Crippen MR) is 70.8 cm³/mol. The van der Waals surface area contributed by atoms with E-state index in [9.17, 15) is 8.42 Å². The van der Waals surface area contributed by atoms with E-state index in [1.54, 1.807) is 6.07 Å². The van der Waals surface area contributed by atoms with Gasteiger partial charge in [0.2, 0.25) is 0 Å². The van der Waals surface area contributed by atoms with Gasteiger partial charge >= 0.3 is 0 Å². The first-order valence-electron chi connectivity index (χ1n) is 5.98. The van der Waals surface area contributed by atoms with Crippen molar-refractivity contribution in [3.63, 3.8) is 0 Å². The van der Waals surface area contributed by atoms with Crippen LogP contribution in [0, 0.1) is 0 Å². The number of rotatable bonds is 6. The van der Waals surface area contributed by atoms with E-state index in [4.69, 9.17) is 5.53 Å². The van der Waals surface area contributed by atoms with Crippen molar-refractivity contribution in [2.45, 2.75) is 44.4 Å². The first-order chi connectivity index (χ1) is 8.55. The van der Waals surface area contributed by atoms with Gasteiger partial charge in [-0.2, -0.15) is 0 Å². The number of aryl methyl sites for hydroxylation is 2. The second-order valence-electron chi connectivity index (χ2n) is 4.09. The smallest absolute Gasteiger partial charge is 0.216 e. The minimum atomic E-state index is -3.90. The number of benzene rings is 1. The van der Waals surface area contributed by atoms with Crippen molar-refractivity contribution < 1.29 is 8.42 Å². The molecule has 0 aliphatic carbocycles. The lowest BCUT2D eigenvalue weighted by atomic mass is 10.1. The summed E-state index contributed by atoms with van der Waals surface area (Å²) in [7, 11) is -3.90. The topological polar surface area (TPSA) is 82.9 Å². The molecule has 0 N–H and O–H groups in total. The lowest BCUT2D eigenvalue weighted by molar-refractivity contribution is 0.596. The summed E-state index contributed by atoms with van der Waals surface area (Å²) in [5.41, 5.74) is 10.00. The normalized spacial score (nSPS) is 11.0. The molecule has 18 heavy (non-hydrogen) atoms. The lowest BCUT2D eigenvalue weighted by Crippen LogP contribution is -2.02. The molecule has 0 bridgehead atoms. The monoisotopic (exact) mass is 267 g/mol. The average Bonchev–Trinajstić information content (AvgIpc) is 2.31. The molecule has 0 saturated carbocycles. The van der Waals surface area contributed by atoms with Crippen molar-refractivity contribution in [1.29, 1.82) is 0 Å². The van der Waals surface area contributed by atoms with Crippen LogP contribution in [0.5, 0.6) is 0 Å². The maximum atomic E-state index is 11.9. The van der Waals surface area contributed by atoms with Crippen molar-refractivity contribution in [3.8, 4) is 0 Å². The molecule has 0 aliphatic rings. The third-order valence-corrected chi connectivity index (χ3v) is 3.84. The van der Waals surface area contributed by atoms with Gasteiger partial charge < -0.3 is 0 Å². The maximum absolute atomic E-state index is 11.9. The van der Waals surface area contributed by atoms with Gasteiger partial charge in [0, 0.05) is 9.43 Å². The Morgan fingerprint density at radius 1 is 1.22 bits per heavy atom. The first kappa shape index (κ1) is 14.5. The highest BCUT2D eigenvalue weighted by atomic mass is 32.2. The molecule has 1 aromatic carbocycles. The van der Waals surface area contributed by atoms with E-state index < -0.39 is 10.0 Å². The van der Waals surface area contributed by atoms with E-state index in [1.165, 1.54) is 0 Å². The van der Waals surface area contributed by atoms with Crippen LogP contribution in [-0.4, -0.2) is 8.42 Å². The van der Waals surface area contributed by atoms with Crippen LogP contribution in [0.25, 0.3) is 10.4 Å². The average molecular weight is 267 g/mol. The SMILES string of the molecule is CCCc1ccc(CCC)c(S(=O)(=O)N=[N+]=[N-])c1. The standard InChI is InChI=1S/C12H17N3O2S/c1-3-5-10-7-8-11(6-4-2)12(9-10)18(16,17)15-14-13/h7-9H,3-6H2,1-2H3. The Morgan fingerprint density at radius 2 is 1.89 bits per heavy atom. The molecule has 6 heteroatoms. The van der Waals surface area contributed by atoms with E-state index in [0.717, 1.165) is 24.8 Å². The molecular formula is C12H17N3O2S. The molecule has 0 aromatic heterocycles. The van der Waals surface area contributed by atoms with Crippen LogP contribution in [0.1, 0.15) is 37.8 Å². The van der Waals surface area contributed by atoms with E-state index in [2.05, 4.69) is 9.43 Å². The van der Waals surface area contributed by atoms with Crippen LogP contribution in [0.4, 0.5) is 0 Å². The van der Waals surface area contributed by atoms with E-state index in [1.807, 2.05) is 26.0 Å². The third kappa shape index (κ3) is 3.48. The molecule has 0 unspecified atom stereocenters. The highest BCUT2D eigenvalue weighted by Crippen LogP contribution is 2.22. The largest absolute Gasteiger partial charge is 0.264 e. The van der Waals surface area contributed by atoms with Crippen LogP contribution < -0.4 is 0 Å². The van der Waals surface area contributed by atoms with Gasteiger partial charge in [-0.3, -0.25) is 0 Å². The fourth-order valence-electron chi connectivity index (χ4n) is 1.85. The maximum Gasteiger partial charge on any atom is 0.264 e. The number of hydrogen-bond donors (Lipinski definition) is 0. The summed E-state index contributed by atoms with van der Waals surface area (Å²) in [5, 5.41) is 0. The second kappa shape index (κ2) is 6.42. The molecule has 0 fully saturated rings. The Morgan fingerprint density at radius 3 is 2.44 bits per heavy atom. The van der Waals surface area contributed by atoms with Gasteiger partial charge in [-0.25, -0.2) is 8.42 Å². The molecule has 0 atom stereocenters. The van der Waals surface area contributed by atoms with Gasteiger partial charge in [0.1, 0.15) is 0 Å². The van der Waals surface area contributed by atoms with Gasteiger partial charge in [0.25, 0.3) is 10.0 Å². The van der Waals surface area contributed by atoms with Crippen molar-refractivity contribution in [2.75, 3.05) is 0 Å². The fraction of sp³-hybridized carbons (Fsp3) is 0.500. The van der Waals surface area contributed by atoms with E-state index >= 15 is 0 Å². The van der Waals surface area contributed by atoms with Crippen molar-refractivity contribution >= 4 is 10.0 Å². The van der Waals surface area contributed by atoms with E-state index in [-0.39, 0.29) is 4.90 Å². The number of hydrogen-bond acceptors (Lipinski definition) is 2. The summed E-state index contributed by atoms with van der Waals surface area (Å²) in [6.07, 6.45) is 3.24. The van der Waals surface area contributed by atoms with Crippen LogP contribution in [0.15, 0.2) is 27.6 Å². The Bertz CT molecular complexity index is 561. The minimum absolute atomic E-state index is 0.146. The van der Waals surface area contributed by atoms with Gasteiger partial charge in [-0.1, -0.05) is 38.8 Å². The molecule has 5 nitrogen and oxygen atoms in total. The second-order valence-corrected chi connectivity index (χ2v) is 5.64. The zero-order valence-electron chi connectivity index (χ0n) is 10.6. The molecule has 0 aliphatic heterocycles. The molecule has 0 amide bonds. The molecule has 1 aromatic rings. The number of nitrogens with zero attached hydrogens (tertiary/aromatic N) is 3. The zero-order valence-corrected chi connectivity index (χ0v) is 11.4. The Labute approximate surface area is 108 Å². The van der Waals surface area contributed by atoms with Gasteiger partial charge in [0.05, 0.1) is 4.90 Å². The van der Waals surface area contributed by atoms with Crippen molar-refractivity contribution in [3.05, 3.63) is 39.8 Å². The Hall–Kier alpha value is -1.52. The summed E-state index contributed by atoms with van der Waals surface area (Å²) < 4.78 is 26.7. The van der Waals surface area contributed by atoms with Crippen molar-refractivity contribution in [2.24, 2.45) is 4.52 Å². The molecule has 0 radical (unpaired) electrons. The van der Waals surface area contributed by atoms with Gasteiger partial charge in [-0.05, 0) is 35.6 Å². The van der Waals surface area contributed by atoms with Gasteiger partial charge in [-0.15, -0.1) is 0 Å². The van der Waals surface area contributed by atoms with E-state index in [0.29, 0.717) is 12.0 Å². The van der Waals surface area contributed by atoms with Crippen LogP contribution >= 0.6 is 0 Å². The van der Waals surface area contributed by atoms with Crippen LogP contribution in [0.2, 0.25) is 0 Å². The molecule has 0 heterocycles. The van der Waals surface area contributed by atoms with Crippen molar-refractivity contribution in [1.82, 2.24) is 0 Å². The predicted octanol–water partition coefficient (Wildman–Crippen LogP) is 3.59. The Kier molecular flexibility index (Phi) is 5.19. The summed E-state index contributed by atoms with van der Waals surface area (Å²) in [6, 6.07) is 5.37. The lowest BCUT2D eigenvalue weighted by Gasteiger charge is -2.09. The molecule has 0 saturated heterocycles.